The molecule has 2 atom stereocenters. The van der Waals surface area contributed by atoms with Gasteiger partial charge >= 0.3 is 0 Å². The lowest BCUT2D eigenvalue weighted by Gasteiger charge is -2.44. The van der Waals surface area contributed by atoms with Crippen LogP contribution in [0.5, 0.6) is 0 Å². The van der Waals surface area contributed by atoms with Crippen molar-refractivity contribution in [1.29, 1.82) is 0 Å². The van der Waals surface area contributed by atoms with E-state index < -0.39 is 6.04 Å². The fourth-order valence-corrected chi connectivity index (χ4v) is 4.09. The molecule has 7 heteroatoms. The minimum Gasteiger partial charge on any atom is -0.355 e. The second-order valence-corrected chi connectivity index (χ2v) is 8.49. The van der Waals surface area contributed by atoms with Gasteiger partial charge in [-0.3, -0.25) is 9.59 Å². The molecule has 2 fully saturated rings. The van der Waals surface area contributed by atoms with Gasteiger partial charge in [-0.15, -0.1) is 0 Å². The number of rotatable bonds is 5. The van der Waals surface area contributed by atoms with Crippen LogP contribution in [0, 0.1) is 17.7 Å². The SMILES string of the molecule is CC(C)C[C@H]1C(=O)N[C@@H](C2CCC2)CN1C(=O)c1cc(-c2ccc(F)cc2)on1. The van der Waals surface area contributed by atoms with Crippen LogP contribution in [0.25, 0.3) is 11.3 Å². The zero-order valence-electron chi connectivity index (χ0n) is 16.7. The number of nitrogens with zero attached hydrogens (tertiary/aromatic N) is 2. The third kappa shape index (κ3) is 4.04. The number of halogens is 1. The lowest BCUT2D eigenvalue weighted by Crippen LogP contribution is -2.64. The molecule has 2 aromatic rings. The number of hydrogen-bond donors (Lipinski definition) is 1. The van der Waals surface area contributed by atoms with E-state index in [9.17, 15) is 14.0 Å². The van der Waals surface area contributed by atoms with Crippen LogP contribution in [-0.4, -0.2) is 40.5 Å². The number of amides is 2. The molecule has 0 unspecified atom stereocenters. The molecule has 1 saturated heterocycles. The zero-order valence-corrected chi connectivity index (χ0v) is 16.7. The molecule has 1 N–H and O–H groups in total. The maximum absolute atomic E-state index is 13.3. The molecule has 2 amide bonds. The molecule has 1 aliphatic heterocycles. The highest BCUT2D eigenvalue weighted by atomic mass is 19.1. The lowest BCUT2D eigenvalue weighted by molar-refractivity contribution is -0.131. The summed E-state index contributed by atoms with van der Waals surface area (Å²) in [6.45, 7) is 4.57. The molecule has 1 aliphatic carbocycles. The largest absolute Gasteiger partial charge is 0.355 e. The summed E-state index contributed by atoms with van der Waals surface area (Å²) in [5.74, 6) is 0.368. The van der Waals surface area contributed by atoms with E-state index in [1.165, 1.54) is 18.6 Å². The number of carbonyl (C=O) groups excluding carboxylic acids is 2. The Morgan fingerprint density at radius 3 is 2.66 bits per heavy atom. The minimum atomic E-state index is -0.509. The first-order valence-corrected chi connectivity index (χ1v) is 10.3. The summed E-state index contributed by atoms with van der Waals surface area (Å²) in [6.07, 6.45) is 3.93. The Labute approximate surface area is 169 Å². The Hall–Kier alpha value is -2.70. The van der Waals surface area contributed by atoms with Gasteiger partial charge in [0.15, 0.2) is 11.5 Å². The van der Waals surface area contributed by atoms with E-state index in [0.29, 0.717) is 30.2 Å². The summed E-state index contributed by atoms with van der Waals surface area (Å²) in [6, 6.07) is 6.86. The Bertz CT molecular complexity index is 889. The normalized spacial score (nSPS) is 22.5. The first-order valence-electron chi connectivity index (χ1n) is 10.3. The molecule has 1 aromatic carbocycles. The van der Waals surface area contributed by atoms with E-state index in [2.05, 4.69) is 10.5 Å². The van der Waals surface area contributed by atoms with E-state index in [1.807, 2.05) is 13.8 Å². The van der Waals surface area contributed by atoms with Gasteiger partial charge in [0, 0.05) is 24.2 Å². The van der Waals surface area contributed by atoms with Crippen LogP contribution < -0.4 is 5.32 Å². The van der Waals surface area contributed by atoms with Crippen LogP contribution in [0.3, 0.4) is 0 Å². The maximum atomic E-state index is 13.3. The first-order chi connectivity index (χ1) is 13.9. The van der Waals surface area contributed by atoms with Crippen LogP contribution in [0.1, 0.15) is 50.0 Å². The minimum absolute atomic E-state index is 0.00733. The molecule has 154 valence electrons. The van der Waals surface area contributed by atoms with Crippen LogP contribution in [-0.2, 0) is 4.79 Å². The van der Waals surface area contributed by atoms with Gasteiger partial charge in [0.2, 0.25) is 5.91 Å². The van der Waals surface area contributed by atoms with Gasteiger partial charge in [0.05, 0.1) is 0 Å². The predicted molar refractivity (Wildman–Crippen MR) is 105 cm³/mol. The fourth-order valence-electron chi connectivity index (χ4n) is 4.09. The van der Waals surface area contributed by atoms with Crippen molar-refractivity contribution < 1.29 is 18.5 Å². The number of hydrogen-bond acceptors (Lipinski definition) is 4. The summed E-state index contributed by atoms with van der Waals surface area (Å²) in [5, 5.41) is 7.08. The van der Waals surface area contributed by atoms with E-state index in [4.69, 9.17) is 4.52 Å². The Kier molecular flexibility index (Phi) is 5.39. The van der Waals surface area contributed by atoms with Crippen molar-refractivity contribution in [2.24, 2.45) is 11.8 Å². The number of benzene rings is 1. The van der Waals surface area contributed by atoms with Gasteiger partial charge in [0.1, 0.15) is 11.9 Å². The van der Waals surface area contributed by atoms with Crippen molar-refractivity contribution in [3.05, 3.63) is 41.8 Å². The highest BCUT2D eigenvalue weighted by molar-refractivity contribution is 5.97. The average molecular weight is 399 g/mol. The molecule has 1 saturated carbocycles. The van der Waals surface area contributed by atoms with Gasteiger partial charge in [-0.25, -0.2) is 4.39 Å². The molecular weight excluding hydrogens is 373 g/mol. The number of piperazine rings is 1. The highest BCUT2D eigenvalue weighted by Crippen LogP contribution is 2.33. The first kappa shape index (κ1) is 19.6. The second-order valence-electron chi connectivity index (χ2n) is 8.49. The number of aromatic nitrogens is 1. The molecule has 1 aromatic heterocycles. The fraction of sp³-hybridized carbons (Fsp3) is 0.500. The van der Waals surface area contributed by atoms with Crippen LogP contribution in [0.15, 0.2) is 34.9 Å². The van der Waals surface area contributed by atoms with E-state index in [1.54, 1.807) is 23.1 Å². The Morgan fingerprint density at radius 2 is 2.03 bits per heavy atom. The van der Waals surface area contributed by atoms with Crippen molar-refractivity contribution in [1.82, 2.24) is 15.4 Å². The van der Waals surface area contributed by atoms with Crippen molar-refractivity contribution >= 4 is 11.8 Å². The molecule has 0 radical (unpaired) electrons. The standard InChI is InChI=1S/C22H26FN3O3/c1-13(2)10-19-21(27)24-18(14-4-3-5-14)12-26(19)22(28)17-11-20(29-25-17)15-6-8-16(23)9-7-15/h6-9,11,13-14,18-19H,3-5,10,12H2,1-2H3,(H,24,27)/t18-,19+/m1/s1. The van der Waals surface area contributed by atoms with Crippen molar-refractivity contribution in [3.63, 3.8) is 0 Å². The Balaban J connectivity index is 1.58. The molecule has 2 heterocycles. The van der Waals surface area contributed by atoms with E-state index in [-0.39, 0.29) is 35.3 Å². The second kappa shape index (κ2) is 7.97. The van der Waals surface area contributed by atoms with Crippen LogP contribution >= 0.6 is 0 Å². The van der Waals surface area contributed by atoms with Crippen LogP contribution in [0.2, 0.25) is 0 Å². The molecular formula is C22H26FN3O3. The summed E-state index contributed by atoms with van der Waals surface area (Å²) in [7, 11) is 0. The zero-order chi connectivity index (χ0) is 20.5. The van der Waals surface area contributed by atoms with E-state index >= 15 is 0 Å². The van der Waals surface area contributed by atoms with Gasteiger partial charge in [-0.05, 0) is 55.4 Å². The van der Waals surface area contributed by atoms with Gasteiger partial charge < -0.3 is 14.7 Å². The van der Waals surface area contributed by atoms with Gasteiger partial charge in [-0.2, -0.15) is 0 Å². The Morgan fingerprint density at radius 1 is 1.31 bits per heavy atom. The topological polar surface area (TPSA) is 75.4 Å². The molecule has 0 bridgehead atoms. The third-order valence-electron chi connectivity index (χ3n) is 5.93. The molecule has 29 heavy (non-hydrogen) atoms. The summed E-state index contributed by atoms with van der Waals surface area (Å²) in [5.41, 5.74) is 0.806. The monoisotopic (exact) mass is 399 g/mol. The van der Waals surface area contributed by atoms with Crippen molar-refractivity contribution in [2.45, 2.75) is 51.6 Å². The van der Waals surface area contributed by atoms with Gasteiger partial charge in [-0.1, -0.05) is 25.4 Å². The molecule has 0 spiro atoms. The molecule has 2 aliphatic rings. The molecule has 4 rings (SSSR count). The number of carbonyl (C=O) groups is 2. The molecule has 6 nitrogen and oxygen atoms in total. The quantitative estimate of drug-likeness (QED) is 0.833. The van der Waals surface area contributed by atoms with Crippen molar-refractivity contribution in [2.75, 3.05) is 6.54 Å². The average Bonchev–Trinajstić information content (AvgIpc) is 3.12. The van der Waals surface area contributed by atoms with Gasteiger partial charge in [0.25, 0.3) is 5.91 Å². The lowest BCUT2D eigenvalue weighted by atomic mass is 9.78. The maximum Gasteiger partial charge on any atom is 0.276 e. The van der Waals surface area contributed by atoms with Crippen molar-refractivity contribution in [3.8, 4) is 11.3 Å². The summed E-state index contributed by atoms with van der Waals surface area (Å²) >= 11 is 0. The highest BCUT2D eigenvalue weighted by Gasteiger charge is 2.42. The summed E-state index contributed by atoms with van der Waals surface area (Å²) in [4.78, 5) is 27.7. The summed E-state index contributed by atoms with van der Waals surface area (Å²) < 4.78 is 18.5. The predicted octanol–water partition coefficient (Wildman–Crippen LogP) is 3.64. The van der Waals surface area contributed by atoms with E-state index in [0.717, 1.165) is 12.8 Å². The number of nitrogens with one attached hydrogen (secondary N) is 1. The smallest absolute Gasteiger partial charge is 0.276 e. The third-order valence-corrected chi connectivity index (χ3v) is 5.93. The van der Waals surface area contributed by atoms with Crippen LogP contribution in [0.4, 0.5) is 4.39 Å².